The normalized spacial score (nSPS) is 20.4. The molecule has 0 bridgehead atoms. The number of rotatable bonds is 2. The summed E-state index contributed by atoms with van der Waals surface area (Å²) in [6.45, 7) is 0. The van der Waals surface area contributed by atoms with Gasteiger partial charge in [-0.2, -0.15) is 0 Å². The lowest BCUT2D eigenvalue weighted by Crippen LogP contribution is -2.35. The van der Waals surface area contributed by atoms with E-state index in [0.717, 1.165) is 22.6 Å². The smallest absolute Gasteiger partial charge is 0.137 e. The summed E-state index contributed by atoms with van der Waals surface area (Å²) < 4.78 is 13.5. The topological polar surface area (TPSA) is 15.3 Å². The quantitative estimate of drug-likeness (QED) is 0.780. The van der Waals surface area contributed by atoms with Crippen LogP contribution in [0.1, 0.15) is 18.0 Å². The van der Waals surface area contributed by atoms with E-state index in [2.05, 4.69) is 5.43 Å². The van der Waals surface area contributed by atoms with Crippen molar-refractivity contribution in [3.8, 4) is 0 Å². The summed E-state index contributed by atoms with van der Waals surface area (Å²) in [6.07, 6.45) is 1.04. The highest BCUT2D eigenvalue weighted by Gasteiger charge is 2.22. The number of hydrazine groups is 1. The zero-order valence-electron chi connectivity index (χ0n) is 8.96. The summed E-state index contributed by atoms with van der Waals surface area (Å²) >= 11 is 1.61. The van der Waals surface area contributed by atoms with Gasteiger partial charge in [0, 0.05) is 25.0 Å². The summed E-state index contributed by atoms with van der Waals surface area (Å²) in [5.74, 6) is 0.877. The second-order valence-electron chi connectivity index (χ2n) is 3.87. The molecule has 0 fully saturated rings. The molecule has 0 radical (unpaired) electrons. The monoisotopic (exact) mass is 226 g/mol. The first kappa shape index (κ1) is 10.9. The van der Waals surface area contributed by atoms with Crippen molar-refractivity contribution in [2.45, 2.75) is 17.4 Å². The van der Waals surface area contributed by atoms with E-state index in [0.29, 0.717) is 0 Å². The van der Waals surface area contributed by atoms with E-state index in [1.54, 1.807) is 17.8 Å². The zero-order valence-corrected chi connectivity index (χ0v) is 9.77. The van der Waals surface area contributed by atoms with Gasteiger partial charge in [0.15, 0.2) is 0 Å². The number of hydrogen-bond donors (Lipinski definition) is 1. The maximum Gasteiger partial charge on any atom is 0.137 e. The molecule has 15 heavy (non-hydrogen) atoms. The van der Waals surface area contributed by atoms with Gasteiger partial charge < -0.3 is 0 Å². The second kappa shape index (κ2) is 4.51. The summed E-state index contributed by atoms with van der Waals surface area (Å²) in [4.78, 5) is 0.808. The highest BCUT2D eigenvalue weighted by atomic mass is 32.2. The highest BCUT2D eigenvalue weighted by molar-refractivity contribution is 7.99. The van der Waals surface area contributed by atoms with Crippen LogP contribution in [0, 0.1) is 5.82 Å². The molecule has 0 saturated carbocycles. The van der Waals surface area contributed by atoms with Crippen LogP contribution < -0.4 is 5.43 Å². The number of thioether (sulfide) groups is 1. The minimum absolute atomic E-state index is 0.0947. The molecule has 1 unspecified atom stereocenters. The van der Waals surface area contributed by atoms with Crippen molar-refractivity contribution in [1.82, 2.24) is 10.4 Å². The molecule has 82 valence electrons. The van der Waals surface area contributed by atoms with Gasteiger partial charge in [0.2, 0.25) is 0 Å². The SMILES string of the molecule is CN(C)NC1CCSc2c(F)cccc21. The van der Waals surface area contributed by atoms with E-state index in [-0.39, 0.29) is 11.9 Å². The lowest BCUT2D eigenvalue weighted by molar-refractivity contribution is 0.236. The summed E-state index contributed by atoms with van der Waals surface area (Å²) in [5.41, 5.74) is 4.40. The molecule has 0 spiro atoms. The first-order chi connectivity index (χ1) is 7.18. The van der Waals surface area contributed by atoms with E-state index in [1.807, 2.05) is 25.2 Å². The average Bonchev–Trinajstić information content (AvgIpc) is 2.19. The van der Waals surface area contributed by atoms with Gasteiger partial charge in [0.05, 0.1) is 0 Å². The summed E-state index contributed by atoms with van der Waals surface area (Å²) in [7, 11) is 3.92. The Morgan fingerprint density at radius 3 is 3.00 bits per heavy atom. The van der Waals surface area contributed by atoms with E-state index in [1.165, 1.54) is 6.07 Å². The van der Waals surface area contributed by atoms with Crippen molar-refractivity contribution >= 4 is 11.8 Å². The molecule has 1 aromatic rings. The number of nitrogens with zero attached hydrogens (tertiary/aromatic N) is 1. The van der Waals surface area contributed by atoms with Crippen molar-refractivity contribution in [1.29, 1.82) is 0 Å². The Labute approximate surface area is 93.8 Å². The van der Waals surface area contributed by atoms with Gasteiger partial charge in [-0.25, -0.2) is 9.82 Å². The van der Waals surface area contributed by atoms with Crippen LogP contribution in [0.4, 0.5) is 4.39 Å². The van der Waals surface area contributed by atoms with Gasteiger partial charge in [0.1, 0.15) is 5.82 Å². The molecule has 0 saturated heterocycles. The van der Waals surface area contributed by atoms with Gasteiger partial charge in [-0.15, -0.1) is 11.8 Å². The van der Waals surface area contributed by atoms with Crippen molar-refractivity contribution in [3.05, 3.63) is 29.6 Å². The molecule has 2 rings (SSSR count). The van der Waals surface area contributed by atoms with Crippen LogP contribution in [0.25, 0.3) is 0 Å². The lowest BCUT2D eigenvalue weighted by Gasteiger charge is -2.28. The number of nitrogens with one attached hydrogen (secondary N) is 1. The predicted molar refractivity (Wildman–Crippen MR) is 61.3 cm³/mol. The second-order valence-corrected chi connectivity index (χ2v) is 4.98. The van der Waals surface area contributed by atoms with Crippen LogP contribution in [-0.2, 0) is 0 Å². The van der Waals surface area contributed by atoms with Crippen LogP contribution in [-0.4, -0.2) is 24.9 Å². The number of benzene rings is 1. The van der Waals surface area contributed by atoms with Crippen LogP contribution in [0.15, 0.2) is 23.1 Å². The summed E-state index contributed by atoms with van der Waals surface area (Å²) in [5, 5.41) is 1.93. The van der Waals surface area contributed by atoms with Gasteiger partial charge in [-0.05, 0) is 23.8 Å². The fraction of sp³-hybridized carbons (Fsp3) is 0.455. The average molecular weight is 226 g/mol. The maximum atomic E-state index is 13.5. The minimum Gasteiger partial charge on any atom is -0.250 e. The van der Waals surface area contributed by atoms with Gasteiger partial charge in [-0.3, -0.25) is 5.01 Å². The molecule has 0 aromatic heterocycles. The third kappa shape index (κ3) is 2.33. The van der Waals surface area contributed by atoms with E-state index in [9.17, 15) is 4.39 Å². The van der Waals surface area contributed by atoms with Crippen molar-refractivity contribution in [3.63, 3.8) is 0 Å². The van der Waals surface area contributed by atoms with E-state index >= 15 is 0 Å². The lowest BCUT2D eigenvalue weighted by atomic mass is 10.0. The molecule has 1 aliphatic heterocycles. The van der Waals surface area contributed by atoms with Gasteiger partial charge in [-0.1, -0.05) is 12.1 Å². The third-order valence-electron chi connectivity index (χ3n) is 2.44. The zero-order chi connectivity index (χ0) is 10.8. The fourth-order valence-corrected chi connectivity index (χ4v) is 2.97. The minimum atomic E-state index is -0.0947. The van der Waals surface area contributed by atoms with Gasteiger partial charge in [0.25, 0.3) is 0 Å². The Balaban J connectivity index is 2.30. The number of halogens is 1. The first-order valence-corrected chi connectivity index (χ1v) is 6.02. The van der Waals surface area contributed by atoms with Crippen LogP contribution in [0.5, 0.6) is 0 Å². The Morgan fingerprint density at radius 2 is 2.27 bits per heavy atom. The largest absolute Gasteiger partial charge is 0.250 e. The van der Waals surface area contributed by atoms with Crippen LogP contribution in [0.3, 0.4) is 0 Å². The molecular formula is C11H15FN2S. The molecule has 1 heterocycles. The number of fused-ring (bicyclic) bond motifs is 1. The standard InChI is InChI=1S/C11H15FN2S/c1-14(2)13-10-6-7-15-11-8(10)4-3-5-9(11)12/h3-5,10,13H,6-7H2,1-2H3. The molecule has 4 heteroatoms. The molecule has 2 nitrogen and oxygen atoms in total. The Morgan fingerprint density at radius 1 is 1.47 bits per heavy atom. The Bertz CT molecular complexity index is 354. The molecule has 1 aromatic carbocycles. The molecule has 1 N–H and O–H groups in total. The molecule has 0 amide bonds. The third-order valence-corrected chi connectivity index (χ3v) is 3.60. The maximum absolute atomic E-state index is 13.5. The first-order valence-electron chi connectivity index (χ1n) is 5.03. The molecule has 1 atom stereocenters. The number of hydrogen-bond acceptors (Lipinski definition) is 3. The summed E-state index contributed by atoms with van der Waals surface area (Å²) in [6, 6.07) is 5.56. The molecular weight excluding hydrogens is 211 g/mol. The fourth-order valence-electron chi connectivity index (χ4n) is 1.83. The van der Waals surface area contributed by atoms with Crippen molar-refractivity contribution < 1.29 is 4.39 Å². The van der Waals surface area contributed by atoms with Crippen molar-refractivity contribution in [2.24, 2.45) is 0 Å². The van der Waals surface area contributed by atoms with E-state index < -0.39 is 0 Å². The Kier molecular flexibility index (Phi) is 3.29. The van der Waals surface area contributed by atoms with Crippen LogP contribution in [0.2, 0.25) is 0 Å². The Hall–Kier alpha value is -0.580. The van der Waals surface area contributed by atoms with Gasteiger partial charge >= 0.3 is 0 Å². The molecule has 0 aliphatic carbocycles. The highest BCUT2D eigenvalue weighted by Crippen LogP contribution is 2.37. The van der Waals surface area contributed by atoms with Crippen molar-refractivity contribution in [2.75, 3.05) is 19.8 Å². The predicted octanol–water partition coefficient (Wildman–Crippen LogP) is 2.43. The van der Waals surface area contributed by atoms with E-state index in [4.69, 9.17) is 0 Å². The van der Waals surface area contributed by atoms with Crippen LogP contribution >= 0.6 is 11.8 Å². The molecule has 1 aliphatic rings.